The Morgan fingerprint density at radius 1 is 1.33 bits per heavy atom. The largest absolute Gasteiger partial charge is 0.361 e. The van der Waals surface area contributed by atoms with Gasteiger partial charge in [-0.15, -0.1) is 0 Å². The summed E-state index contributed by atoms with van der Waals surface area (Å²) in [4.78, 5) is 15.2. The van der Waals surface area contributed by atoms with Crippen molar-refractivity contribution in [3.05, 3.63) is 40.7 Å². The summed E-state index contributed by atoms with van der Waals surface area (Å²) in [5, 5.41) is 0.594. The molecule has 1 aromatic heterocycles. The zero-order chi connectivity index (χ0) is 10.8. The second-order valence-corrected chi connectivity index (χ2v) is 4.92. The molecule has 0 aliphatic rings. The Morgan fingerprint density at radius 3 is 2.87 bits per heavy atom. The van der Waals surface area contributed by atoms with Gasteiger partial charge in [0.25, 0.3) is 0 Å². The maximum atomic E-state index is 11.6. The lowest BCUT2D eigenvalue weighted by Crippen LogP contribution is -2.02. The fraction of sp³-hybridized carbons (Fsp3) is 0.182. The maximum absolute atomic E-state index is 11.6. The number of H-pyrrole nitrogens is 1. The van der Waals surface area contributed by atoms with Crippen LogP contribution in [-0.4, -0.2) is 14.9 Å². The summed E-state index contributed by atoms with van der Waals surface area (Å²) in [5.74, 6) is 0.566. The van der Waals surface area contributed by atoms with E-state index in [4.69, 9.17) is 0 Å². The van der Waals surface area contributed by atoms with Gasteiger partial charge in [-0.05, 0) is 18.2 Å². The first-order valence-corrected chi connectivity index (χ1v) is 6.04. The lowest BCUT2D eigenvalue weighted by molar-refractivity contribution is 0.684. The number of aromatic amines is 1. The van der Waals surface area contributed by atoms with E-state index in [0.717, 1.165) is 5.52 Å². The molecule has 1 N–H and O–H groups in total. The number of fused-ring (bicyclic) bond motifs is 1. The van der Waals surface area contributed by atoms with Gasteiger partial charge in [-0.25, -0.2) is 0 Å². The highest BCUT2D eigenvalue weighted by molar-refractivity contribution is 7.85. The van der Waals surface area contributed by atoms with Gasteiger partial charge in [0.05, 0.1) is 10.8 Å². The molecule has 0 saturated heterocycles. The first-order chi connectivity index (χ1) is 7.22. The lowest BCUT2D eigenvalue weighted by Gasteiger charge is -2.01. The van der Waals surface area contributed by atoms with Crippen molar-refractivity contribution in [3.8, 4) is 0 Å². The molecule has 0 saturated carbocycles. The summed E-state index contributed by atoms with van der Waals surface area (Å²) in [6, 6.07) is 6.76. The van der Waals surface area contributed by atoms with E-state index in [1.165, 1.54) is 6.07 Å². The van der Waals surface area contributed by atoms with E-state index in [0.29, 0.717) is 16.0 Å². The minimum atomic E-state index is -1.01. The van der Waals surface area contributed by atoms with Crippen LogP contribution in [0.3, 0.4) is 0 Å². The molecule has 1 heterocycles. The smallest absolute Gasteiger partial charge is 0.189 e. The van der Waals surface area contributed by atoms with Crippen molar-refractivity contribution in [3.63, 3.8) is 0 Å². The third kappa shape index (κ3) is 1.85. The van der Waals surface area contributed by atoms with E-state index in [-0.39, 0.29) is 5.43 Å². The molecule has 15 heavy (non-hydrogen) atoms. The predicted octanol–water partition coefficient (Wildman–Crippen LogP) is 1.66. The van der Waals surface area contributed by atoms with Crippen molar-refractivity contribution in [2.75, 3.05) is 5.75 Å². The molecule has 0 aliphatic heterocycles. The molecule has 0 spiro atoms. The fourth-order valence-electron chi connectivity index (χ4n) is 1.46. The summed E-state index contributed by atoms with van der Waals surface area (Å²) in [6.07, 6.45) is 1.61. The molecule has 0 amide bonds. The third-order valence-electron chi connectivity index (χ3n) is 2.26. The van der Waals surface area contributed by atoms with Crippen LogP contribution in [0.1, 0.15) is 6.92 Å². The van der Waals surface area contributed by atoms with E-state index in [1.807, 2.05) is 6.92 Å². The molecule has 4 heteroatoms. The second-order valence-electron chi connectivity index (χ2n) is 3.18. The fourth-order valence-corrected chi connectivity index (χ4v) is 2.26. The Morgan fingerprint density at radius 2 is 2.13 bits per heavy atom. The molecule has 2 aromatic rings. The van der Waals surface area contributed by atoms with E-state index < -0.39 is 10.8 Å². The number of aromatic nitrogens is 1. The Balaban J connectivity index is 2.70. The Kier molecular flexibility index (Phi) is 2.68. The van der Waals surface area contributed by atoms with Gasteiger partial charge in [0.1, 0.15) is 0 Å². The van der Waals surface area contributed by atoms with Gasteiger partial charge >= 0.3 is 0 Å². The van der Waals surface area contributed by atoms with Crippen molar-refractivity contribution in [2.24, 2.45) is 0 Å². The van der Waals surface area contributed by atoms with E-state index in [2.05, 4.69) is 4.98 Å². The van der Waals surface area contributed by atoms with Crippen LogP contribution in [0, 0.1) is 0 Å². The van der Waals surface area contributed by atoms with Crippen molar-refractivity contribution >= 4 is 21.7 Å². The van der Waals surface area contributed by atoms with Crippen molar-refractivity contribution < 1.29 is 4.21 Å². The topological polar surface area (TPSA) is 49.9 Å². The standard InChI is InChI=1S/C11H11NO2S/c1-2-15(14)8-3-4-10-9(7-8)11(13)5-6-12-10/h3-7H,2H2,1H3,(H,12,13). The van der Waals surface area contributed by atoms with Gasteiger partial charge in [-0.3, -0.25) is 9.00 Å². The average molecular weight is 221 g/mol. The molecule has 1 atom stereocenters. The number of rotatable bonds is 2. The molecule has 2 rings (SSSR count). The summed E-state index contributed by atoms with van der Waals surface area (Å²) >= 11 is 0. The monoisotopic (exact) mass is 221 g/mol. The van der Waals surface area contributed by atoms with E-state index in [1.54, 1.807) is 24.4 Å². The summed E-state index contributed by atoms with van der Waals surface area (Å²) < 4.78 is 11.6. The first-order valence-electron chi connectivity index (χ1n) is 4.72. The Labute approximate surface area is 89.6 Å². The zero-order valence-electron chi connectivity index (χ0n) is 8.32. The maximum Gasteiger partial charge on any atom is 0.189 e. The Bertz CT molecular complexity index is 574. The van der Waals surface area contributed by atoms with Crippen LogP contribution in [0.4, 0.5) is 0 Å². The SMILES string of the molecule is CCS(=O)c1ccc2[nH]ccc(=O)c2c1. The van der Waals surface area contributed by atoms with Gasteiger partial charge < -0.3 is 4.98 Å². The van der Waals surface area contributed by atoms with Gasteiger partial charge in [0.2, 0.25) is 0 Å². The highest BCUT2D eigenvalue weighted by atomic mass is 32.2. The molecular formula is C11H11NO2S. The van der Waals surface area contributed by atoms with Crippen LogP contribution in [0.5, 0.6) is 0 Å². The first kappa shape index (κ1) is 10.1. The van der Waals surface area contributed by atoms with Crippen molar-refractivity contribution in [2.45, 2.75) is 11.8 Å². The Hall–Kier alpha value is -1.42. The molecule has 1 aromatic carbocycles. The molecule has 0 fully saturated rings. The van der Waals surface area contributed by atoms with Gasteiger partial charge in [0, 0.05) is 33.8 Å². The number of hydrogen-bond acceptors (Lipinski definition) is 2. The van der Waals surface area contributed by atoms with Crippen LogP contribution < -0.4 is 5.43 Å². The number of pyridine rings is 1. The summed E-state index contributed by atoms with van der Waals surface area (Å²) in [6.45, 7) is 1.86. The highest BCUT2D eigenvalue weighted by Crippen LogP contribution is 2.13. The normalized spacial score (nSPS) is 12.9. The second kappa shape index (κ2) is 3.98. The number of benzene rings is 1. The van der Waals surface area contributed by atoms with Crippen LogP contribution in [0.2, 0.25) is 0 Å². The summed E-state index contributed by atoms with van der Waals surface area (Å²) in [7, 11) is -1.01. The van der Waals surface area contributed by atoms with E-state index in [9.17, 15) is 9.00 Å². The molecular weight excluding hydrogens is 210 g/mol. The average Bonchev–Trinajstić information content (AvgIpc) is 2.28. The molecule has 0 aliphatic carbocycles. The molecule has 3 nitrogen and oxygen atoms in total. The highest BCUT2D eigenvalue weighted by Gasteiger charge is 2.04. The van der Waals surface area contributed by atoms with Gasteiger partial charge in [0.15, 0.2) is 5.43 Å². The quantitative estimate of drug-likeness (QED) is 0.838. The minimum absolute atomic E-state index is 0.0429. The molecule has 0 bridgehead atoms. The minimum Gasteiger partial charge on any atom is -0.361 e. The molecule has 0 radical (unpaired) electrons. The zero-order valence-corrected chi connectivity index (χ0v) is 9.14. The van der Waals surface area contributed by atoms with Crippen molar-refractivity contribution in [1.29, 1.82) is 0 Å². The van der Waals surface area contributed by atoms with Crippen molar-refractivity contribution in [1.82, 2.24) is 4.98 Å². The number of nitrogens with one attached hydrogen (secondary N) is 1. The van der Waals surface area contributed by atoms with Gasteiger partial charge in [-0.1, -0.05) is 6.92 Å². The summed E-state index contributed by atoms with van der Waals surface area (Å²) in [5.41, 5.74) is 0.734. The van der Waals surface area contributed by atoms with Gasteiger partial charge in [-0.2, -0.15) is 0 Å². The lowest BCUT2D eigenvalue weighted by atomic mass is 10.2. The molecule has 78 valence electrons. The predicted molar refractivity (Wildman–Crippen MR) is 61.5 cm³/mol. The van der Waals surface area contributed by atoms with Crippen LogP contribution in [-0.2, 0) is 10.8 Å². The number of hydrogen-bond donors (Lipinski definition) is 1. The van der Waals surface area contributed by atoms with E-state index >= 15 is 0 Å². The van der Waals surface area contributed by atoms with Crippen LogP contribution in [0.15, 0.2) is 40.2 Å². The van der Waals surface area contributed by atoms with Crippen LogP contribution in [0.25, 0.3) is 10.9 Å². The third-order valence-corrected chi connectivity index (χ3v) is 3.56. The van der Waals surface area contributed by atoms with Crippen LogP contribution >= 0.6 is 0 Å². The molecule has 1 unspecified atom stereocenters.